The Morgan fingerprint density at radius 1 is 0.773 bits per heavy atom. The summed E-state index contributed by atoms with van der Waals surface area (Å²) in [7, 11) is 0. The maximum atomic E-state index is 5.76. The molecule has 0 N–H and O–H groups in total. The zero-order valence-electron chi connectivity index (χ0n) is 14.1. The van der Waals surface area contributed by atoms with Crippen molar-refractivity contribution in [3.8, 4) is 11.5 Å². The van der Waals surface area contributed by atoms with E-state index in [1.807, 2.05) is 24.3 Å². The molecule has 0 fully saturated rings. The van der Waals surface area contributed by atoms with E-state index in [1.54, 1.807) is 0 Å². The van der Waals surface area contributed by atoms with Gasteiger partial charge in [0.2, 0.25) is 0 Å². The van der Waals surface area contributed by atoms with Crippen molar-refractivity contribution in [3.63, 3.8) is 0 Å². The molecule has 1 aromatic carbocycles. The van der Waals surface area contributed by atoms with Crippen molar-refractivity contribution in [1.82, 2.24) is 0 Å². The normalized spacial score (nSPS) is 11.4. The van der Waals surface area contributed by atoms with E-state index >= 15 is 0 Å². The minimum atomic E-state index is 0.749. The first-order valence-corrected chi connectivity index (χ1v) is 8.52. The van der Waals surface area contributed by atoms with Crippen LogP contribution < -0.4 is 9.47 Å². The lowest BCUT2D eigenvalue weighted by atomic mass is 10.2. The first-order valence-electron chi connectivity index (χ1n) is 8.52. The van der Waals surface area contributed by atoms with Crippen molar-refractivity contribution in [2.45, 2.75) is 52.4 Å². The predicted octanol–water partition coefficient (Wildman–Crippen LogP) is 5.94. The predicted molar refractivity (Wildman–Crippen MR) is 94.8 cm³/mol. The molecule has 0 atom stereocenters. The number of hydrogen-bond donors (Lipinski definition) is 0. The number of allylic oxidation sites excluding steroid dienone is 4. The van der Waals surface area contributed by atoms with E-state index in [1.165, 1.54) is 0 Å². The summed E-state index contributed by atoms with van der Waals surface area (Å²) in [6.07, 6.45) is 15.3. The van der Waals surface area contributed by atoms with Gasteiger partial charge in [-0.25, -0.2) is 0 Å². The summed E-state index contributed by atoms with van der Waals surface area (Å²) in [5, 5.41) is 0. The zero-order chi connectivity index (χ0) is 15.9. The van der Waals surface area contributed by atoms with E-state index in [0.717, 1.165) is 63.2 Å². The minimum Gasteiger partial charge on any atom is -0.493 e. The Bertz CT molecular complexity index is 398. The molecule has 0 bridgehead atoms. The van der Waals surface area contributed by atoms with Crippen LogP contribution in [0.1, 0.15) is 52.4 Å². The van der Waals surface area contributed by atoms with Gasteiger partial charge in [-0.3, -0.25) is 0 Å². The lowest BCUT2D eigenvalue weighted by molar-refractivity contribution is 0.296. The molecule has 0 aromatic heterocycles. The molecule has 0 saturated heterocycles. The molecule has 0 saturated carbocycles. The molecule has 0 aliphatic heterocycles. The molecular weight excluding hydrogens is 272 g/mol. The van der Waals surface area contributed by atoms with Gasteiger partial charge in [0.05, 0.1) is 13.2 Å². The van der Waals surface area contributed by atoms with Gasteiger partial charge in [-0.15, -0.1) is 0 Å². The monoisotopic (exact) mass is 302 g/mol. The van der Waals surface area contributed by atoms with Gasteiger partial charge in [-0.2, -0.15) is 0 Å². The molecule has 1 rings (SSSR count). The summed E-state index contributed by atoms with van der Waals surface area (Å²) in [5.74, 6) is 1.78. The fourth-order valence-corrected chi connectivity index (χ4v) is 2.01. The molecule has 0 aliphatic rings. The second-order valence-electron chi connectivity index (χ2n) is 5.22. The molecule has 22 heavy (non-hydrogen) atoms. The fourth-order valence-electron chi connectivity index (χ4n) is 2.01. The first kappa shape index (κ1) is 18.3. The van der Waals surface area contributed by atoms with Crippen LogP contribution in [0.3, 0.4) is 0 Å². The van der Waals surface area contributed by atoms with Crippen molar-refractivity contribution in [1.29, 1.82) is 0 Å². The van der Waals surface area contributed by atoms with Crippen LogP contribution in [-0.2, 0) is 0 Å². The van der Waals surface area contributed by atoms with Crippen LogP contribution in [0.4, 0.5) is 0 Å². The number of ether oxygens (including phenoxy) is 2. The second-order valence-corrected chi connectivity index (χ2v) is 5.22. The average molecular weight is 302 g/mol. The third kappa shape index (κ3) is 9.28. The number of rotatable bonds is 12. The average Bonchev–Trinajstić information content (AvgIpc) is 2.54. The van der Waals surface area contributed by atoms with Crippen molar-refractivity contribution < 1.29 is 9.47 Å². The second kappa shape index (κ2) is 13.0. The molecule has 2 heteroatoms. The Balaban J connectivity index is 2.21. The molecule has 2 nitrogen and oxygen atoms in total. The molecule has 0 heterocycles. The van der Waals surface area contributed by atoms with Crippen molar-refractivity contribution in [2.75, 3.05) is 13.2 Å². The van der Waals surface area contributed by atoms with Gasteiger partial charge in [0, 0.05) is 6.07 Å². The highest BCUT2D eigenvalue weighted by Gasteiger charge is 1.98. The third-order valence-electron chi connectivity index (χ3n) is 3.18. The standard InChI is InChI=1S/C20H30O2/c1-3-5-7-9-11-16-21-19-14-13-15-20(18-19)22-17-12-10-8-6-4-2/h5-8,13-15,18H,3-4,9-12,16-17H2,1-2H3. The highest BCUT2D eigenvalue weighted by atomic mass is 16.5. The van der Waals surface area contributed by atoms with Crippen LogP contribution in [0.2, 0.25) is 0 Å². The van der Waals surface area contributed by atoms with E-state index in [-0.39, 0.29) is 0 Å². The fraction of sp³-hybridized carbons (Fsp3) is 0.500. The van der Waals surface area contributed by atoms with Crippen LogP contribution >= 0.6 is 0 Å². The van der Waals surface area contributed by atoms with Crippen molar-refractivity contribution in [2.24, 2.45) is 0 Å². The maximum Gasteiger partial charge on any atom is 0.122 e. The van der Waals surface area contributed by atoms with Crippen molar-refractivity contribution in [3.05, 3.63) is 48.6 Å². The van der Waals surface area contributed by atoms with Crippen LogP contribution in [-0.4, -0.2) is 13.2 Å². The van der Waals surface area contributed by atoms with Crippen LogP contribution in [0.5, 0.6) is 11.5 Å². The SMILES string of the molecule is CCC=CCCCOc1cccc(OCCCC=CCC)c1. The largest absolute Gasteiger partial charge is 0.493 e. The van der Waals surface area contributed by atoms with Crippen molar-refractivity contribution >= 4 is 0 Å². The number of benzene rings is 1. The number of hydrogen-bond acceptors (Lipinski definition) is 2. The molecule has 0 amide bonds. The van der Waals surface area contributed by atoms with Gasteiger partial charge in [-0.1, -0.05) is 44.2 Å². The van der Waals surface area contributed by atoms with Gasteiger partial charge < -0.3 is 9.47 Å². The molecule has 0 unspecified atom stereocenters. The molecule has 0 aliphatic carbocycles. The number of unbranched alkanes of at least 4 members (excludes halogenated alkanes) is 2. The highest BCUT2D eigenvalue weighted by Crippen LogP contribution is 2.20. The van der Waals surface area contributed by atoms with E-state index < -0.39 is 0 Å². The Morgan fingerprint density at radius 3 is 1.73 bits per heavy atom. The Kier molecular flexibility index (Phi) is 10.8. The highest BCUT2D eigenvalue weighted by molar-refractivity contribution is 5.32. The Morgan fingerprint density at radius 2 is 1.27 bits per heavy atom. The quantitative estimate of drug-likeness (QED) is 0.351. The molecule has 0 spiro atoms. The topological polar surface area (TPSA) is 18.5 Å². The maximum absolute atomic E-state index is 5.76. The Hall–Kier alpha value is -1.70. The van der Waals surface area contributed by atoms with Crippen LogP contribution in [0.25, 0.3) is 0 Å². The summed E-state index contributed by atoms with van der Waals surface area (Å²) >= 11 is 0. The summed E-state index contributed by atoms with van der Waals surface area (Å²) in [4.78, 5) is 0. The van der Waals surface area contributed by atoms with Crippen LogP contribution in [0.15, 0.2) is 48.6 Å². The van der Waals surface area contributed by atoms with E-state index in [0.29, 0.717) is 0 Å². The van der Waals surface area contributed by atoms with Gasteiger partial charge in [0.25, 0.3) is 0 Å². The molecular formula is C20H30O2. The molecule has 122 valence electrons. The van der Waals surface area contributed by atoms with Gasteiger partial charge in [0.15, 0.2) is 0 Å². The lowest BCUT2D eigenvalue weighted by Crippen LogP contribution is -1.99. The minimum absolute atomic E-state index is 0.749. The zero-order valence-corrected chi connectivity index (χ0v) is 14.1. The van der Waals surface area contributed by atoms with E-state index in [9.17, 15) is 0 Å². The first-order chi connectivity index (χ1) is 10.9. The summed E-state index contributed by atoms with van der Waals surface area (Å²) < 4.78 is 11.5. The van der Waals surface area contributed by atoms with Gasteiger partial charge in [0.1, 0.15) is 11.5 Å². The van der Waals surface area contributed by atoms with Crippen LogP contribution in [0, 0.1) is 0 Å². The smallest absolute Gasteiger partial charge is 0.122 e. The summed E-state index contributed by atoms with van der Waals surface area (Å²) in [5.41, 5.74) is 0. The third-order valence-corrected chi connectivity index (χ3v) is 3.18. The molecule has 0 radical (unpaired) electrons. The lowest BCUT2D eigenvalue weighted by Gasteiger charge is -2.09. The van der Waals surface area contributed by atoms with E-state index in [4.69, 9.17) is 9.47 Å². The molecule has 1 aromatic rings. The van der Waals surface area contributed by atoms with E-state index in [2.05, 4.69) is 38.2 Å². The van der Waals surface area contributed by atoms with Gasteiger partial charge >= 0.3 is 0 Å². The Labute approximate surface area is 135 Å². The summed E-state index contributed by atoms with van der Waals surface area (Å²) in [6, 6.07) is 7.93. The van der Waals surface area contributed by atoms with Gasteiger partial charge in [-0.05, 0) is 50.7 Å². The summed E-state index contributed by atoms with van der Waals surface area (Å²) in [6.45, 7) is 5.80.